The van der Waals surface area contributed by atoms with Crippen LogP contribution in [0.1, 0.15) is 18.1 Å². The van der Waals surface area contributed by atoms with Crippen LogP contribution in [-0.2, 0) is 11.3 Å². The van der Waals surface area contributed by atoms with Gasteiger partial charge in [-0.15, -0.1) is 0 Å². The second-order valence-corrected chi connectivity index (χ2v) is 7.12. The molecule has 2 N–H and O–H groups in total. The third-order valence-corrected chi connectivity index (χ3v) is 4.68. The van der Waals surface area contributed by atoms with E-state index in [-0.39, 0.29) is 12.5 Å². The third kappa shape index (κ3) is 5.91. The number of nitrogens with one attached hydrogen (secondary N) is 2. The standard InChI is InChI=1S/C24H25ClN2O3/c1-3-29-22-14-18(15-26-21-12-8-7-9-17(21)2)13-20(25)24(22)30-16-23(28)27-19-10-5-4-6-11-19/h4-14,26H,3,15-16H2,1-2H3,(H,27,28). The second-order valence-electron chi connectivity index (χ2n) is 6.71. The second kappa shape index (κ2) is 10.6. The van der Waals surface area contributed by atoms with E-state index in [0.717, 1.165) is 16.8 Å². The van der Waals surface area contributed by atoms with E-state index in [1.807, 2.05) is 67.6 Å². The van der Waals surface area contributed by atoms with E-state index in [4.69, 9.17) is 21.1 Å². The minimum Gasteiger partial charge on any atom is -0.490 e. The maximum absolute atomic E-state index is 12.2. The molecule has 0 fully saturated rings. The minimum absolute atomic E-state index is 0.171. The van der Waals surface area contributed by atoms with Gasteiger partial charge in [-0.05, 0) is 55.3 Å². The lowest BCUT2D eigenvalue weighted by Gasteiger charge is -2.16. The Morgan fingerprint density at radius 2 is 1.73 bits per heavy atom. The largest absolute Gasteiger partial charge is 0.490 e. The number of hydrogen-bond acceptors (Lipinski definition) is 4. The highest BCUT2D eigenvalue weighted by atomic mass is 35.5. The summed E-state index contributed by atoms with van der Waals surface area (Å²) in [5, 5.41) is 6.58. The Morgan fingerprint density at radius 3 is 2.47 bits per heavy atom. The molecule has 0 aliphatic carbocycles. The van der Waals surface area contributed by atoms with E-state index >= 15 is 0 Å². The highest BCUT2D eigenvalue weighted by Gasteiger charge is 2.15. The van der Waals surface area contributed by atoms with Crippen molar-refractivity contribution in [2.75, 3.05) is 23.8 Å². The van der Waals surface area contributed by atoms with E-state index in [2.05, 4.69) is 23.6 Å². The average Bonchev–Trinajstić information content (AvgIpc) is 2.73. The van der Waals surface area contributed by atoms with Crippen LogP contribution in [0.3, 0.4) is 0 Å². The molecule has 3 rings (SSSR count). The molecule has 0 saturated carbocycles. The normalized spacial score (nSPS) is 10.4. The molecule has 0 aliphatic rings. The molecular formula is C24H25ClN2O3. The molecular weight excluding hydrogens is 400 g/mol. The number of amides is 1. The molecule has 0 unspecified atom stereocenters. The van der Waals surface area contributed by atoms with Crippen LogP contribution in [-0.4, -0.2) is 19.1 Å². The van der Waals surface area contributed by atoms with E-state index in [1.165, 1.54) is 0 Å². The van der Waals surface area contributed by atoms with Gasteiger partial charge in [-0.1, -0.05) is 48.0 Å². The molecule has 0 radical (unpaired) electrons. The van der Waals surface area contributed by atoms with Gasteiger partial charge in [0.25, 0.3) is 5.91 Å². The molecule has 5 nitrogen and oxygen atoms in total. The van der Waals surface area contributed by atoms with Crippen molar-refractivity contribution in [3.05, 3.63) is 82.9 Å². The first kappa shape index (κ1) is 21.5. The van der Waals surface area contributed by atoms with Crippen LogP contribution < -0.4 is 20.1 Å². The van der Waals surface area contributed by atoms with Crippen LogP contribution >= 0.6 is 11.6 Å². The summed E-state index contributed by atoms with van der Waals surface area (Å²) < 4.78 is 11.4. The van der Waals surface area contributed by atoms with Gasteiger partial charge >= 0.3 is 0 Å². The number of ether oxygens (including phenoxy) is 2. The molecule has 3 aromatic rings. The number of rotatable bonds is 9. The number of anilines is 2. The maximum atomic E-state index is 12.2. The quantitative estimate of drug-likeness (QED) is 0.464. The predicted molar refractivity (Wildman–Crippen MR) is 122 cm³/mol. The zero-order valence-electron chi connectivity index (χ0n) is 17.1. The van der Waals surface area contributed by atoms with Crippen molar-refractivity contribution in [1.29, 1.82) is 0 Å². The molecule has 0 spiro atoms. The van der Waals surface area contributed by atoms with Crippen molar-refractivity contribution in [1.82, 2.24) is 0 Å². The Balaban J connectivity index is 1.68. The summed E-state index contributed by atoms with van der Waals surface area (Å²) in [6, 6.07) is 21.0. The maximum Gasteiger partial charge on any atom is 0.262 e. The van der Waals surface area contributed by atoms with E-state index < -0.39 is 0 Å². The van der Waals surface area contributed by atoms with Crippen molar-refractivity contribution >= 4 is 28.9 Å². The van der Waals surface area contributed by atoms with Gasteiger partial charge in [-0.25, -0.2) is 0 Å². The van der Waals surface area contributed by atoms with Gasteiger partial charge in [0.15, 0.2) is 18.1 Å². The van der Waals surface area contributed by atoms with Gasteiger partial charge in [-0.3, -0.25) is 4.79 Å². The fourth-order valence-electron chi connectivity index (χ4n) is 2.95. The van der Waals surface area contributed by atoms with Crippen molar-refractivity contribution < 1.29 is 14.3 Å². The summed E-state index contributed by atoms with van der Waals surface area (Å²) in [6.45, 7) is 4.81. The summed E-state index contributed by atoms with van der Waals surface area (Å²) in [6.07, 6.45) is 0. The highest BCUT2D eigenvalue weighted by molar-refractivity contribution is 6.32. The number of benzene rings is 3. The molecule has 0 aliphatic heterocycles. The first-order valence-corrected chi connectivity index (χ1v) is 10.2. The summed E-state index contributed by atoms with van der Waals surface area (Å²) in [7, 11) is 0. The Morgan fingerprint density at radius 1 is 1.00 bits per heavy atom. The van der Waals surface area contributed by atoms with Crippen molar-refractivity contribution in [2.45, 2.75) is 20.4 Å². The molecule has 0 atom stereocenters. The summed E-state index contributed by atoms with van der Waals surface area (Å²) >= 11 is 6.46. The van der Waals surface area contributed by atoms with E-state index in [0.29, 0.717) is 35.4 Å². The SMILES string of the molecule is CCOc1cc(CNc2ccccc2C)cc(Cl)c1OCC(=O)Nc1ccccc1. The van der Waals surface area contributed by atoms with Crippen LogP contribution in [0, 0.1) is 6.92 Å². The zero-order valence-corrected chi connectivity index (χ0v) is 17.8. The van der Waals surface area contributed by atoms with E-state index in [9.17, 15) is 4.79 Å². The van der Waals surface area contributed by atoms with E-state index in [1.54, 1.807) is 0 Å². The lowest BCUT2D eigenvalue weighted by molar-refractivity contribution is -0.118. The Hall–Kier alpha value is -3.18. The predicted octanol–water partition coefficient (Wildman–Crippen LogP) is 5.68. The highest BCUT2D eigenvalue weighted by Crippen LogP contribution is 2.37. The summed E-state index contributed by atoms with van der Waals surface area (Å²) in [4.78, 5) is 12.2. The zero-order chi connectivity index (χ0) is 21.3. The number of halogens is 1. The Kier molecular flexibility index (Phi) is 7.57. The first-order chi connectivity index (χ1) is 14.6. The topological polar surface area (TPSA) is 59.6 Å². The molecule has 0 bridgehead atoms. The minimum atomic E-state index is -0.273. The van der Waals surface area contributed by atoms with Gasteiger partial charge in [0, 0.05) is 17.9 Å². The van der Waals surface area contributed by atoms with Gasteiger partial charge in [0.2, 0.25) is 0 Å². The third-order valence-electron chi connectivity index (χ3n) is 4.40. The number of para-hydroxylation sites is 2. The van der Waals surface area contributed by atoms with Gasteiger partial charge < -0.3 is 20.1 Å². The molecule has 6 heteroatoms. The fourth-order valence-corrected chi connectivity index (χ4v) is 3.24. The van der Waals surface area contributed by atoms with Gasteiger partial charge in [-0.2, -0.15) is 0 Å². The number of carbonyl (C=O) groups is 1. The Bertz CT molecular complexity index is 993. The van der Waals surface area contributed by atoms with Crippen LogP contribution in [0.15, 0.2) is 66.7 Å². The summed E-state index contributed by atoms with van der Waals surface area (Å²) in [5.74, 6) is 0.602. The van der Waals surface area contributed by atoms with Crippen LogP contribution in [0.2, 0.25) is 5.02 Å². The number of carbonyl (C=O) groups excluding carboxylic acids is 1. The summed E-state index contributed by atoms with van der Waals surface area (Å²) in [5.41, 5.74) is 3.88. The molecule has 0 heterocycles. The lowest BCUT2D eigenvalue weighted by Crippen LogP contribution is -2.20. The molecule has 1 amide bonds. The lowest BCUT2D eigenvalue weighted by atomic mass is 10.1. The van der Waals surface area contributed by atoms with Gasteiger partial charge in [0.05, 0.1) is 11.6 Å². The number of hydrogen-bond donors (Lipinski definition) is 2. The van der Waals surface area contributed by atoms with Crippen molar-refractivity contribution in [3.63, 3.8) is 0 Å². The van der Waals surface area contributed by atoms with Crippen LogP contribution in [0.4, 0.5) is 11.4 Å². The first-order valence-electron chi connectivity index (χ1n) is 9.79. The smallest absolute Gasteiger partial charge is 0.262 e. The van der Waals surface area contributed by atoms with Crippen LogP contribution in [0.25, 0.3) is 0 Å². The number of aryl methyl sites for hydroxylation is 1. The Labute approximate surface area is 182 Å². The molecule has 30 heavy (non-hydrogen) atoms. The molecule has 0 saturated heterocycles. The molecule has 156 valence electrons. The molecule has 3 aromatic carbocycles. The fraction of sp³-hybridized carbons (Fsp3) is 0.208. The van der Waals surface area contributed by atoms with Crippen molar-refractivity contribution in [2.24, 2.45) is 0 Å². The molecule has 0 aromatic heterocycles. The van der Waals surface area contributed by atoms with Crippen LogP contribution in [0.5, 0.6) is 11.5 Å². The monoisotopic (exact) mass is 424 g/mol. The average molecular weight is 425 g/mol. The van der Waals surface area contributed by atoms with Crippen molar-refractivity contribution in [3.8, 4) is 11.5 Å². The van der Waals surface area contributed by atoms with Gasteiger partial charge in [0.1, 0.15) is 0 Å².